The molecule has 3 rings (SSSR count). The number of hydrogen-bond acceptors (Lipinski definition) is 3. The van der Waals surface area contributed by atoms with Crippen LogP contribution in [-0.4, -0.2) is 22.5 Å². The standard InChI is InChI=1S/C20H19FN2O2S/c1-2-11-23-19(24)17(22-20(23)26)12-15-5-3-4-6-18(15)25-13-14-7-9-16(21)10-8-14/h3-10,12H,2,11,13H2,1H3,(H,22,26)/b17-12-. The Morgan fingerprint density at radius 3 is 2.65 bits per heavy atom. The van der Waals surface area contributed by atoms with E-state index < -0.39 is 0 Å². The number of halogens is 1. The van der Waals surface area contributed by atoms with E-state index in [-0.39, 0.29) is 11.7 Å². The smallest absolute Gasteiger partial charge is 0.276 e. The van der Waals surface area contributed by atoms with Crippen molar-refractivity contribution in [2.24, 2.45) is 0 Å². The van der Waals surface area contributed by atoms with Crippen molar-refractivity contribution >= 4 is 29.3 Å². The van der Waals surface area contributed by atoms with Crippen molar-refractivity contribution in [1.82, 2.24) is 10.2 Å². The number of amides is 1. The molecule has 0 bridgehead atoms. The monoisotopic (exact) mass is 370 g/mol. The number of nitrogens with zero attached hydrogens (tertiary/aromatic N) is 1. The molecule has 2 aromatic rings. The van der Waals surface area contributed by atoms with Gasteiger partial charge in [0.25, 0.3) is 5.91 Å². The molecule has 1 aliphatic heterocycles. The van der Waals surface area contributed by atoms with Crippen LogP contribution in [0.25, 0.3) is 6.08 Å². The Morgan fingerprint density at radius 2 is 1.92 bits per heavy atom. The van der Waals surface area contributed by atoms with Gasteiger partial charge in [0, 0.05) is 12.1 Å². The van der Waals surface area contributed by atoms with Gasteiger partial charge in [-0.1, -0.05) is 37.3 Å². The van der Waals surface area contributed by atoms with Crippen LogP contribution in [0.4, 0.5) is 4.39 Å². The number of nitrogens with one attached hydrogen (secondary N) is 1. The Hall–Kier alpha value is -2.73. The number of benzene rings is 2. The number of ether oxygens (including phenoxy) is 1. The molecule has 0 spiro atoms. The molecule has 1 aliphatic rings. The van der Waals surface area contributed by atoms with E-state index in [1.807, 2.05) is 31.2 Å². The van der Waals surface area contributed by atoms with E-state index >= 15 is 0 Å². The van der Waals surface area contributed by atoms with Crippen LogP contribution in [0.3, 0.4) is 0 Å². The second-order valence-corrected chi connectivity index (χ2v) is 6.28. The lowest BCUT2D eigenvalue weighted by atomic mass is 10.1. The maximum absolute atomic E-state index is 13.0. The summed E-state index contributed by atoms with van der Waals surface area (Å²) < 4.78 is 18.9. The quantitative estimate of drug-likeness (QED) is 0.619. The molecule has 1 heterocycles. The van der Waals surface area contributed by atoms with Crippen molar-refractivity contribution in [3.05, 3.63) is 71.2 Å². The molecule has 0 radical (unpaired) electrons. The average molecular weight is 370 g/mol. The number of rotatable bonds is 6. The SMILES string of the molecule is CCCN1C(=O)/C(=C/c2ccccc2OCc2ccc(F)cc2)NC1=S. The van der Waals surface area contributed by atoms with Crippen LogP contribution in [0, 0.1) is 5.82 Å². The van der Waals surface area contributed by atoms with E-state index in [2.05, 4.69) is 5.32 Å². The maximum Gasteiger partial charge on any atom is 0.276 e. The normalized spacial score (nSPS) is 15.5. The van der Waals surface area contributed by atoms with Gasteiger partial charge in [-0.15, -0.1) is 0 Å². The van der Waals surface area contributed by atoms with Crippen LogP contribution in [0.15, 0.2) is 54.2 Å². The first-order valence-corrected chi connectivity index (χ1v) is 8.80. The number of para-hydroxylation sites is 1. The van der Waals surface area contributed by atoms with Gasteiger partial charge >= 0.3 is 0 Å². The highest BCUT2D eigenvalue weighted by Crippen LogP contribution is 2.23. The Labute approximate surface area is 157 Å². The summed E-state index contributed by atoms with van der Waals surface area (Å²) in [6.07, 6.45) is 2.57. The van der Waals surface area contributed by atoms with Crippen molar-refractivity contribution in [1.29, 1.82) is 0 Å². The molecule has 0 aromatic heterocycles. The number of hydrogen-bond donors (Lipinski definition) is 1. The van der Waals surface area contributed by atoms with Gasteiger partial charge in [0.1, 0.15) is 23.9 Å². The van der Waals surface area contributed by atoms with E-state index in [1.54, 1.807) is 23.1 Å². The molecule has 0 aliphatic carbocycles. The maximum atomic E-state index is 13.0. The Kier molecular flexibility index (Phi) is 5.63. The highest BCUT2D eigenvalue weighted by Gasteiger charge is 2.29. The summed E-state index contributed by atoms with van der Waals surface area (Å²) in [4.78, 5) is 14.0. The van der Waals surface area contributed by atoms with E-state index in [9.17, 15) is 9.18 Å². The van der Waals surface area contributed by atoms with Gasteiger partial charge in [-0.2, -0.15) is 0 Å². The Bertz CT molecular complexity index is 849. The molecule has 1 saturated heterocycles. The fourth-order valence-corrected chi connectivity index (χ4v) is 2.91. The number of carbonyl (C=O) groups is 1. The second-order valence-electron chi connectivity index (χ2n) is 5.90. The van der Waals surface area contributed by atoms with Crippen molar-refractivity contribution in [2.45, 2.75) is 20.0 Å². The van der Waals surface area contributed by atoms with E-state index in [1.165, 1.54) is 12.1 Å². The molecular weight excluding hydrogens is 351 g/mol. The molecule has 134 valence electrons. The molecule has 0 atom stereocenters. The summed E-state index contributed by atoms with van der Waals surface area (Å²) in [6, 6.07) is 13.6. The molecule has 4 nitrogen and oxygen atoms in total. The van der Waals surface area contributed by atoms with E-state index in [0.29, 0.717) is 29.7 Å². The first-order valence-electron chi connectivity index (χ1n) is 8.39. The number of carbonyl (C=O) groups excluding carboxylic acids is 1. The molecule has 0 unspecified atom stereocenters. The van der Waals surface area contributed by atoms with Gasteiger partial charge in [-0.3, -0.25) is 9.69 Å². The summed E-state index contributed by atoms with van der Waals surface area (Å²) in [6.45, 7) is 2.89. The third kappa shape index (κ3) is 4.08. The van der Waals surface area contributed by atoms with Crippen LogP contribution >= 0.6 is 12.2 Å². The Balaban J connectivity index is 1.78. The molecule has 6 heteroatoms. The van der Waals surface area contributed by atoms with E-state index in [4.69, 9.17) is 17.0 Å². The minimum Gasteiger partial charge on any atom is -0.488 e. The summed E-state index contributed by atoms with van der Waals surface area (Å²) in [7, 11) is 0. The zero-order chi connectivity index (χ0) is 18.5. The van der Waals surface area contributed by atoms with Crippen molar-refractivity contribution in [3.8, 4) is 5.75 Å². The number of thiocarbonyl (C=S) groups is 1. The van der Waals surface area contributed by atoms with Crippen molar-refractivity contribution in [2.75, 3.05) is 6.54 Å². The zero-order valence-electron chi connectivity index (χ0n) is 14.4. The fourth-order valence-electron chi connectivity index (χ4n) is 2.63. The molecular formula is C20H19FN2O2S. The fraction of sp³-hybridized carbons (Fsp3) is 0.200. The average Bonchev–Trinajstić information content (AvgIpc) is 2.90. The van der Waals surface area contributed by atoms with Gasteiger partial charge in [-0.25, -0.2) is 4.39 Å². The van der Waals surface area contributed by atoms with Crippen molar-refractivity contribution in [3.63, 3.8) is 0 Å². The largest absolute Gasteiger partial charge is 0.488 e. The lowest BCUT2D eigenvalue weighted by Crippen LogP contribution is -2.31. The van der Waals surface area contributed by atoms with E-state index in [0.717, 1.165) is 17.5 Å². The third-order valence-corrected chi connectivity index (χ3v) is 4.26. The molecule has 26 heavy (non-hydrogen) atoms. The molecule has 1 N–H and O–H groups in total. The van der Waals surface area contributed by atoms with Gasteiger partial charge < -0.3 is 10.1 Å². The summed E-state index contributed by atoms with van der Waals surface area (Å²) in [5, 5.41) is 3.39. The molecule has 0 saturated carbocycles. The molecule has 2 aromatic carbocycles. The first kappa shape index (κ1) is 18.1. The van der Waals surface area contributed by atoms with Gasteiger partial charge in [0.15, 0.2) is 5.11 Å². The first-order chi connectivity index (χ1) is 12.6. The van der Waals surface area contributed by atoms with Crippen LogP contribution < -0.4 is 10.1 Å². The third-order valence-electron chi connectivity index (χ3n) is 3.94. The predicted molar refractivity (Wildman–Crippen MR) is 103 cm³/mol. The zero-order valence-corrected chi connectivity index (χ0v) is 15.2. The van der Waals surface area contributed by atoms with Crippen molar-refractivity contribution < 1.29 is 13.9 Å². The minimum absolute atomic E-state index is 0.134. The topological polar surface area (TPSA) is 41.6 Å². The van der Waals surface area contributed by atoms with Gasteiger partial charge in [-0.05, 0) is 48.5 Å². The molecule has 1 amide bonds. The van der Waals surface area contributed by atoms with Crippen LogP contribution in [-0.2, 0) is 11.4 Å². The predicted octanol–water partition coefficient (Wildman–Crippen LogP) is 3.87. The van der Waals surface area contributed by atoms with Crippen LogP contribution in [0.5, 0.6) is 5.75 Å². The lowest BCUT2D eigenvalue weighted by molar-refractivity contribution is -0.122. The highest BCUT2D eigenvalue weighted by molar-refractivity contribution is 7.80. The van der Waals surface area contributed by atoms with Crippen LogP contribution in [0.2, 0.25) is 0 Å². The van der Waals surface area contributed by atoms with Gasteiger partial charge in [0.2, 0.25) is 0 Å². The summed E-state index contributed by atoms with van der Waals surface area (Å²) in [5.74, 6) is 0.223. The lowest BCUT2D eigenvalue weighted by Gasteiger charge is -2.11. The summed E-state index contributed by atoms with van der Waals surface area (Å²) in [5.41, 5.74) is 2.06. The second kappa shape index (κ2) is 8.10. The minimum atomic E-state index is -0.280. The van der Waals surface area contributed by atoms with Crippen LogP contribution in [0.1, 0.15) is 24.5 Å². The highest BCUT2D eigenvalue weighted by atomic mass is 32.1. The Morgan fingerprint density at radius 1 is 1.19 bits per heavy atom. The summed E-state index contributed by atoms with van der Waals surface area (Å²) >= 11 is 5.23. The molecule has 1 fully saturated rings. The van der Waals surface area contributed by atoms with Gasteiger partial charge in [0.05, 0.1) is 0 Å².